The third kappa shape index (κ3) is 2.15. The molecule has 0 spiro atoms. The van der Waals surface area contributed by atoms with Crippen molar-refractivity contribution in [3.8, 4) is 0 Å². The highest BCUT2D eigenvalue weighted by Crippen LogP contribution is 2.28. The number of nitrogens with one attached hydrogen (secondary N) is 1. The topological polar surface area (TPSA) is 106 Å². The molecular weight excluding hydrogens is 302 g/mol. The van der Waals surface area contributed by atoms with E-state index < -0.39 is 15.7 Å². The quantitative estimate of drug-likeness (QED) is 0.768. The average Bonchev–Trinajstić information content (AvgIpc) is 2.86. The van der Waals surface area contributed by atoms with Crippen molar-refractivity contribution in [3.05, 3.63) is 53.9 Å². The Balaban J connectivity index is 2.36. The molecule has 3 rings (SSSR count). The van der Waals surface area contributed by atoms with Gasteiger partial charge >= 0.3 is 0 Å². The van der Waals surface area contributed by atoms with Crippen molar-refractivity contribution in [1.29, 1.82) is 0 Å². The highest BCUT2D eigenvalue weighted by molar-refractivity contribution is 7.91. The molecule has 7 heteroatoms. The standard InChI is InChI=1S/C15H13N3O3S/c1-9-17-11-7-8-12(13(15(16)19)14(11)18-9)22(20,21)10-5-3-2-4-6-10/h2-8H,1H3,(H2,16,19)(H,17,18). The molecular formula is C15H13N3O3S. The van der Waals surface area contributed by atoms with Gasteiger partial charge in [-0.25, -0.2) is 13.4 Å². The van der Waals surface area contributed by atoms with Gasteiger partial charge in [0, 0.05) is 0 Å². The summed E-state index contributed by atoms with van der Waals surface area (Å²) in [5.41, 5.74) is 6.15. The highest BCUT2D eigenvalue weighted by Gasteiger charge is 2.26. The van der Waals surface area contributed by atoms with Gasteiger partial charge in [0.1, 0.15) is 11.3 Å². The maximum absolute atomic E-state index is 12.8. The van der Waals surface area contributed by atoms with E-state index in [4.69, 9.17) is 5.73 Å². The molecule has 3 aromatic rings. The van der Waals surface area contributed by atoms with E-state index in [1.54, 1.807) is 31.2 Å². The van der Waals surface area contributed by atoms with Crippen LogP contribution in [-0.2, 0) is 9.84 Å². The van der Waals surface area contributed by atoms with E-state index in [0.29, 0.717) is 11.3 Å². The molecule has 1 amide bonds. The van der Waals surface area contributed by atoms with Crippen molar-refractivity contribution in [3.63, 3.8) is 0 Å². The van der Waals surface area contributed by atoms with Crippen LogP contribution in [0.25, 0.3) is 11.0 Å². The zero-order chi connectivity index (χ0) is 15.9. The summed E-state index contributed by atoms with van der Waals surface area (Å²) >= 11 is 0. The molecule has 0 aliphatic rings. The first-order valence-electron chi connectivity index (χ1n) is 6.50. The summed E-state index contributed by atoms with van der Waals surface area (Å²) in [6.45, 7) is 1.72. The van der Waals surface area contributed by atoms with E-state index >= 15 is 0 Å². The number of H-pyrrole nitrogens is 1. The first kappa shape index (κ1) is 14.3. The fourth-order valence-electron chi connectivity index (χ4n) is 2.37. The molecule has 112 valence electrons. The molecule has 6 nitrogen and oxygen atoms in total. The summed E-state index contributed by atoms with van der Waals surface area (Å²) in [7, 11) is -3.85. The summed E-state index contributed by atoms with van der Waals surface area (Å²) in [5, 5.41) is 0. The average molecular weight is 315 g/mol. The zero-order valence-corrected chi connectivity index (χ0v) is 12.5. The lowest BCUT2D eigenvalue weighted by atomic mass is 10.2. The van der Waals surface area contributed by atoms with E-state index in [1.165, 1.54) is 18.2 Å². The molecule has 0 saturated carbocycles. The maximum atomic E-state index is 12.8. The number of hydrogen-bond acceptors (Lipinski definition) is 4. The first-order valence-corrected chi connectivity index (χ1v) is 7.99. The van der Waals surface area contributed by atoms with Gasteiger partial charge in [0.15, 0.2) is 0 Å². The van der Waals surface area contributed by atoms with Crippen LogP contribution in [-0.4, -0.2) is 24.3 Å². The third-order valence-electron chi connectivity index (χ3n) is 3.32. The Morgan fingerprint density at radius 1 is 1.14 bits per heavy atom. The van der Waals surface area contributed by atoms with Crippen LogP contribution in [0, 0.1) is 6.92 Å². The van der Waals surface area contributed by atoms with Gasteiger partial charge in [-0.15, -0.1) is 0 Å². The summed E-state index contributed by atoms with van der Waals surface area (Å²) in [4.78, 5) is 18.9. The van der Waals surface area contributed by atoms with Crippen molar-refractivity contribution in [1.82, 2.24) is 9.97 Å². The lowest BCUT2D eigenvalue weighted by Gasteiger charge is -2.09. The number of aromatic nitrogens is 2. The molecule has 2 aromatic carbocycles. The summed E-state index contributed by atoms with van der Waals surface area (Å²) in [5.74, 6) is -0.252. The second-order valence-electron chi connectivity index (χ2n) is 4.84. The molecule has 0 aliphatic heterocycles. The van der Waals surface area contributed by atoms with Crippen molar-refractivity contribution < 1.29 is 13.2 Å². The molecule has 0 unspecified atom stereocenters. The maximum Gasteiger partial charge on any atom is 0.252 e. The van der Waals surface area contributed by atoms with E-state index in [0.717, 1.165) is 0 Å². The smallest absolute Gasteiger partial charge is 0.252 e. The highest BCUT2D eigenvalue weighted by atomic mass is 32.2. The number of sulfone groups is 1. The number of imidazole rings is 1. The minimum atomic E-state index is -3.85. The van der Waals surface area contributed by atoms with Gasteiger partial charge in [-0.2, -0.15) is 0 Å². The number of benzene rings is 2. The molecule has 1 heterocycles. The Bertz CT molecular complexity index is 976. The Morgan fingerprint density at radius 3 is 2.45 bits per heavy atom. The molecule has 1 aromatic heterocycles. The number of carbonyl (C=O) groups is 1. The molecule has 0 fully saturated rings. The van der Waals surface area contributed by atoms with Gasteiger partial charge in [0.25, 0.3) is 5.91 Å². The number of carbonyl (C=O) groups excluding carboxylic acids is 1. The normalized spacial score (nSPS) is 11.7. The predicted octanol–water partition coefficient (Wildman–Crippen LogP) is 1.80. The van der Waals surface area contributed by atoms with E-state index in [1.807, 2.05) is 0 Å². The monoisotopic (exact) mass is 315 g/mol. The number of aryl methyl sites for hydroxylation is 1. The molecule has 0 atom stereocenters. The number of hydrogen-bond donors (Lipinski definition) is 2. The van der Waals surface area contributed by atoms with Gasteiger partial charge in [0.2, 0.25) is 9.84 Å². The molecule has 3 N–H and O–H groups in total. The number of aromatic amines is 1. The van der Waals surface area contributed by atoms with Crippen LogP contribution >= 0.6 is 0 Å². The van der Waals surface area contributed by atoms with Crippen molar-refractivity contribution in [2.24, 2.45) is 5.73 Å². The number of nitrogens with two attached hydrogens (primary N) is 1. The zero-order valence-electron chi connectivity index (χ0n) is 11.7. The minimum absolute atomic E-state index is 0.0919. The lowest BCUT2D eigenvalue weighted by Crippen LogP contribution is -2.17. The van der Waals surface area contributed by atoms with Crippen LogP contribution in [0.5, 0.6) is 0 Å². The Hall–Kier alpha value is -2.67. The molecule has 0 bridgehead atoms. The fraction of sp³-hybridized carbons (Fsp3) is 0.0667. The van der Waals surface area contributed by atoms with Gasteiger partial charge in [0.05, 0.1) is 20.9 Å². The number of fused-ring (bicyclic) bond motifs is 1. The van der Waals surface area contributed by atoms with E-state index in [2.05, 4.69) is 9.97 Å². The fourth-order valence-corrected chi connectivity index (χ4v) is 3.85. The Kier molecular flexibility index (Phi) is 3.22. The third-order valence-corrected chi connectivity index (χ3v) is 5.14. The first-order chi connectivity index (χ1) is 10.4. The minimum Gasteiger partial charge on any atom is -0.365 e. The van der Waals surface area contributed by atoms with Crippen LogP contribution in [0.15, 0.2) is 52.3 Å². The Morgan fingerprint density at radius 2 is 1.82 bits per heavy atom. The van der Waals surface area contributed by atoms with Crippen LogP contribution in [0.4, 0.5) is 0 Å². The largest absolute Gasteiger partial charge is 0.365 e. The van der Waals surface area contributed by atoms with Crippen molar-refractivity contribution >= 4 is 26.8 Å². The van der Waals surface area contributed by atoms with Crippen molar-refractivity contribution in [2.45, 2.75) is 16.7 Å². The molecule has 0 saturated heterocycles. The van der Waals surface area contributed by atoms with Crippen molar-refractivity contribution in [2.75, 3.05) is 0 Å². The second kappa shape index (κ2) is 4.96. The van der Waals surface area contributed by atoms with Crippen LogP contribution in [0.1, 0.15) is 16.2 Å². The van der Waals surface area contributed by atoms with Gasteiger partial charge in [-0.1, -0.05) is 18.2 Å². The summed E-state index contributed by atoms with van der Waals surface area (Å²) < 4.78 is 25.5. The van der Waals surface area contributed by atoms with E-state index in [9.17, 15) is 13.2 Å². The van der Waals surface area contributed by atoms with Gasteiger partial charge < -0.3 is 10.7 Å². The number of rotatable bonds is 3. The predicted molar refractivity (Wildman–Crippen MR) is 81.2 cm³/mol. The summed E-state index contributed by atoms with van der Waals surface area (Å²) in [6, 6.07) is 10.9. The van der Waals surface area contributed by atoms with Gasteiger partial charge in [-0.05, 0) is 31.2 Å². The SMILES string of the molecule is Cc1nc2c(C(N)=O)c(S(=O)(=O)c3ccccc3)ccc2[nH]1. The Labute approximate surface area is 126 Å². The van der Waals surface area contributed by atoms with Gasteiger partial charge in [-0.3, -0.25) is 4.79 Å². The second-order valence-corrected chi connectivity index (χ2v) is 6.76. The summed E-state index contributed by atoms with van der Waals surface area (Å²) in [6.07, 6.45) is 0. The van der Waals surface area contributed by atoms with Crippen LogP contribution in [0.2, 0.25) is 0 Å². The number of nitrogens with zero attached hydrogens (tertiary/aromatic N) is 1. The molecule has 0 aliphatic carbocycles. The van der Waals surface area contributed by atoms with E-state index in [-0.39, 0.29) is 20.9 Å². The number of amides is 1. The van der Waals surface area contributed by atoms with Crippen LogP contribution < -0.4 is 5.73 Å². The molecule has 22 heavy (non-hydrogen) atoms. The van der Waals surface area contributed by atoms with Crippen LogP contribution in [0.3, 0.4) is 0 Å². The number of primary amides is 1. The lowest BCUT2D eigenvalue weighted by molar-refractivity contribution is 0.0998. The molecule has 0 radical (unpaired) electrons.